The average Bonchev–Trinajstić information content (AvgIpc) is 2.99. The number of halogens is 1. The molecule has 0 saturated heterocycles. The minimum Gasteiger partial charge on any atom is -0.497 e. The molecule has 3 aromatic rings. The summed E-state index contributed by atoms with van der Waals surface area (Å²) in [4.78, 5) is 29.0. The van der Waals surface area contributed by atoms with Crippen molar-refractivity contribution in [3.05, 3.63) is 88.9 Å². The molecule has 0 aromatic heterocycles. The lowest BCUT2D eigenvalue weighted by atomic mass is 9.95. The predicted octanol–water partition coefficient (Wildman–Crippen LogP) is 5.52. The van der Waals surface area contributed by atoms with Crippen LogP contribution in [-0.2, 0) is 26.2 Å². The van der Waals surface area contributed by atoms with Gasteiger partial charge in [0.05, 0.1) is 17.7 Å². The Morgan fingerprint density at radius 1 is 0.976 bits per heavy atom. The van der Waals surface area contributed by atoms with Crippen molar-refractivity contribution in [2.75, 3.05) is 18.0 Å². The molecule has 0 heterocycles. The van der Waals surface area contributed by atoms with Crippen LogP contribution in [0.15, 0.2) is 88.2 Å². The fraction of sp³-hybridized carbons (Fsp3) is 0.355. The largest absolute Gasteiger partial charge is 0.497 e. The van der Waals surface area contributed by atoms with E-state index in [1.807, 2.05) is 12.1 Å². The minimum absolute atomic E-state index is 0.0650. The lowest BCUT2D eigenvalue weighted by Crippen LogP contribution is -2.53. The lowest BCUT2D eigenvalue weighted by molar-refractivity contribution is -0.139. The number of nitrogens with one attached hydrogen (secondary N) is 1. The highest BCUT2D eigenvalue weighted by Crippen LogP contribution is 2.27. The summed E-state index contributed by atoms with van der Waals surface area (Å²) in [6, 6.07) is 21.3. The van der Waals surface area contributed by atoms with E-state index < -0.39 is 28.5 Å². The third kappa shape index (κ3) is 7.89. The molecule has 1 N–H and O–H groups in total. The van der Waals surface area contributed by atoms with Gasteiger partial charge in [0.1, 0.15) is 18.3 Å². The number of methoxy groups -OCH3 is 1. The predicted molar refractivity (Wildman–Crippen MR) is 163 cm³/mol. The highest BCUT2D eigenvalue weighted by Gasteiger charge is 2.33. The summed E-state index contributed by atoms with van der Waals surface area (Å²) in [7, 11) is -2.55. The molecule has 41 heavy (non-hydrogen) atoms. The van der Waals surface area contributed by atoms with E-state index in [2.05, 4.69) is 21.2 Å². The molecule has 0 aliphatic heterocycles. The van der Waals surface area contributed by atoms with Crippen molar-refractivity contribution in [2.24, 2.45) is 0 Å². The van der Waals surface area contributed by atoms with Gasteiger partial charge in [-0.15, -0.1) is 0 Å². The first kappa shape index (κ1) is 30.6. The molecule has 1 aliphatic rings. The first-order valence-corrected chi connectivity index (χ1v) is 16.0. The quantitative estimate of drug-likeness (QED) is 0.297. The second kappa shape index (κ2) is 14.0. The van der Waals surface area contributed by atoms with Crippen molar-refractivity contribution in [1.82, 2.24) is 10.2 Å². The van der Waals surface area contributed by atoms with E-state index in [9.17, 15) is 18.0 Å². The molecule has 1 aliphatic carbocycles. The zero-order valence-electron chi connectivity index (χ0n) is 23.3. The van der Waals surface area contributed by atoms with Crippen molar-refractivity contribution in [3.8, 4) is 5.75 Å². The monoisotopic (exact) mass is 641 g/mol. The lowest BCUT2D eigenvalue weighted by Gasteiger charge is -2.33. The minimum atomic E-state index is -4.11. The molecule has 0 bridgehead atoms. The van der Waals surface area contributed by atoms with Gasteiger partial charge in [-0.25, -0.2) is 8.42 Å². The van der Waals surface area contributed by atoms with Crippen molar-refractivity contribution < 1.29 is 22.7 Å². The van der Waals surface area contributed by atoms with Crippen LogP contribution < -0.4 is 14.4 Å². The molecule has 1 atom stereocenters. The molecule has 0 radical (unpaired) electrons. The molecule has 3 aromatic carbocycles. The maximum Gasteiger partial charge on any atom is 0.264 e. The van der Waals surface area contributed by atoms with Crippen molar-refractivity contribution >= 4 is 43.5 Å². The van der Waals surface area contributed by atoms with Crippen LogP contribution in [-0.4, -0.2) is 50.9 Å². The molecule has 1 fully saturated rings. The van der Waals surface area contributed by atoms with E-state index in [4.69, 9.17) is 4.74 Å². The fourth-order valence-electron chi connectivity index (χ4n) is 5.00. The topological polar surface area (TPSA) is 96.0 Å². The number of sulfonamides is 1. The molecule has 4 rings (SSSR count). The second-order valence-electron chi connectivity index (χ2n) is 10.2. The van der Waals surface area contributed by atoms with Crippen LogP contribution >= 0.6 is 15.9 Å². The van der Waals surface area contributed by atoms with Gasteiger partial charge in [0, 0.05) is 17.1 Å². The van der Waals surface area contributed by atoms with E-state index >= 15 is 0 Å². The summed E-state index contributed by atoms with van der Waals surface area (Å²) in [5.41, 5.74) is 1.09. The van der Waals surface area contributed by atoms with Gasteiger partial charge in [-0.3, -0.25) is 13.9 Å². The van der Waals surface area contributed by atoms with Crippen LogP contribution in [0.25, 0.3) is 0 Å². The first-order valence-electron chi connectivity index (χ1n) is 13.7. The summed E-state index contributed by atoms with van der Waals surface area (Å²) in [5, 5.41) is 3.12. The maximum atomic E-state index is 14.1. The standard InChI is InChI=1S/C31H36BrN3O5S/c1-23(31(37)33-26-13-5-3-6-14-26)34(21-24-11-9-16-28(19-24)40-2)30(36)22-35(27-15-10-12-25(32)20-27)41(38,39)29-17-7-4-8-18-29/h4,7-12,15-20,23,26H,3,5-6,13-14,21-22H2,1-2H3,(H,33,37). The van der Waals surface area contributed by atoms with Crippen molar-refractivity contribution in [2.45, 2.75) is 62.6 Å². The number of benzene rings is 3. The Hall–Kier alpha value is -3.37. The zero-order valence-corrected chi connectivity index (χ0v) is 25.7. The molecule has 8 nitrogen and oxygen atoms in total. The van der Waals surface area contributed by atoms with Crippen LogP contribution in [0.2, 0.25) is 0 Å². The second-order valence-corrected chi connectivity index (χ2v) is 13.0. The molecule has 1 saturated carbocycles. The van der Waals surface area contributed by atoms with Crippen LogP contribution in [0.1, 0.15) is 44.6 Å². The smallest absolute Gasteiger partial charge is 0.264 e. The number of nitrogens with zero attached hydrogens (tertiary/aromatic N) is 2. The molecule has 0 spiro atoms. The van der Waals surface area contributed by atoms with Gasteiger partial charge in [-0.05, 0) is 67.8 Å². The summed E-state index contributed by atoms with van der Waals surface area (Å²) in [6.45, 7) is 1.30. The summed E-state index contributed by atoms with van der Waals surface area (Å²) in [6.07, 6.45) is 5.10. The number of rotatable bonds is 11. The van der Waals surface area contributed by atoms with Crippen LogP contribution in [0.3, 0.4) is 0 Å². The van der Waals surface area contributed by atoms with E-state index in [0.29, 0.717) is 15.9 Å². The molecular formula is C31H36BrN3O5S. The number of hydrogen-bond donors (Lipinski definition) is 1. The Labute approximate surface area is 250 Å². The van der Waals surface area contributed by atoms with E-state index in [0.717, 1.165) is 42.0 Å². The van der Waals surface area contributed by atoms with Crippen LogP contribution in [0.5, 0.6) is 5.75 Å². The number of ether oxygens (including phenoxy) is 1. The highest BCUT2D eigenvalue weighted by atomic mass is 79.9. The van der Waals surface area contributed by atoms with Crippen LogP contribution in [0.4, 0.5) is 5.69 Å². The SMILES string of the molecule is COc1cccc(CN(C(=O)CN(c2cccc(Br)c2)S(=O)(=O)c2ccccc2)C(C)C(=O)NC2CCCCC2)c1. The van der Waals surface area contributed by atoms with Gasteiger partial charge in [-0.2, -0.15) is 0 Å². The fourth-order valence-corrected chi connectivity index (χ4v) is 6.81. The summed E-state index contributed by atoms with van der Waals surface area (Å²) >= 11 is 3.41. The maximum absolute atomic E-state index is 14.1. The van der Waals surface area contributed by atoms with Crippen molar-refractivity contribution in [3.63, 3.8) is 0 Å². The van der Waals surface area contributed by atoms with Crippen molar-refractivity contribution in [1.29, 1.82) is 0 Å². The Morgan fingerprint density at radius 2 is 1.68 bits per heavy atom. The molecule has 218 valence electrons. The Kier molecular flexibility index (Phi) is 10.4. The third-order valence-corrected chi connectivity index (χ3v) is 9.59. The Morgan fingerprint density at radius 3 is 2.37 bits per heavy atom. The average molecular weight is 643 g/mol. The zero-order chi connectivity index (χ0) is 29.4. The Bertz CT molecular complexity index is 1440. The number of hydrogen-bond acceptors (Lipinski definition) is 5. The molecule has 1 unspecified atom stereocenters. The molecule has 2 amide bonds. The van der Waals surface area contributed by atoms with Crippen LogP contribution in [0, 0.1) is 0 Å². The first-order chi connectivity index (χ1) is 19.7. The number of carbonyl (C=O) groups is 2. The van der Waals surface area contributed by atoms with E-state index in [1.54, 1.807) is 68.6 Å². The molecule has 10 heteroatoms. The van der Waals surface area contributed by atoms with E-state index in [1.165, 1.54) is 17.0 Å². The highest BCUT2D eigenvalue weighted by molar-refractivity contribution is 9.10. The van der Waals surface area contributed by atoms with Gasteiger partial charge in [0.2, 0.25) is 11.8 Å². The van der Waals surface area contributed by atoms with Gasteiger partial charge in [-0.1, -0.05) is 71.6 Å². The molecular weight excluding hydrogens is 606 g/mol. The number of carbonyl (C=O) groups excluding carboxylic acids is 2. The van der Waals surface area contributed by atoms with E-state index in [-0.39, 0.29) is 23.4 Å². The van der Waals surface area contributed by atoms with Gasteiger partial charge in [0.25, 0.3) is 10.0 Å². The third-order valence-electron chi connectivity index (χ3n) is 7.31. The van der Waals surface area contributed by atoms with Gasteiger partial charge < -0.3 is 15.0 Å². The van der Waals surface area contributed by atoms with Gasteiger partial charge >= 0.3 is 0 Å². The summed E-state index contributed by atoms with van der Waals surface area (Å²) < 4.78 is 34.8. The Balaban J connectivity index is 1.67. The number of amides is 2. The number of anilines is 1. The summed E-state index contributed by atoms with van der Waals surface area (Å²) in [5.74, 6) is -0.136. The normalized spacial score (nSPS) is 14.6. The van der Waals surface area contributed by atoms with Gasteiger partial charge in [0.15, 0.2) is 0 Å².